The monoisotopic (exact) mass is 300 g/mol. The maximum atomic E-state index is 12.4. The summed E-state index contributed by atoms with van der Waals surface area (Å²) >= 11 is 0. The van der Waals surface area contributed by atoms with Crippen LogP contribution in [-0.4, -0.2) is 24.0 Å². The van der Waals surface area contributed by atoms with Crippen molar-refractivity contribution in [3.63, 3.8) is 0 Å². The highest BCUT2D eigenvalue weighted by atomic mass is 16.2. The van der Waals surface area contributed by atoms with E-state index >= 15 is 0 Å². The molecule has 3 nitrogen and oxygen atoms in total. The van der Waals surface area contributed by atoms with Gasteiger partial charge in [-0.1, -0.05) is 43.2 Å². The quantitative estimate of drug-likeness (QED) is 0.877. The molecule has 1 saturated heterocycles. The molecule has 2 aliphatic rings. The highest BCUT2D eigenvalue weighted by Gasteiger charge is 2.38. The number of carbonyl (C=O) groups excluding carboxylic acids is 1. The molecule has 1 saturated carbocycles. The minimum atomic E-state index is 0.0345. The molecule has 1 heterocycles. The Morgan fingerprint density at radius 1 is 1.27 bits per heavy atom. The fourth-order valence-corrected chi connectivity index (χ4v) is 3.96. The molecule has 0 spiro atoms. The van der Waals surface area contributed by atoms with Crippen molar-refractivity contribution in [1.82, 2.24) is 10.6 Å². The van der Waals surface area contributed by atoms with Gasteiger partial charge in [0.25, 0.3) is 0 Å². The summed E-state index contributed by atoms with van der Waals surface area (Å²) in [4.78, 5) is 12.4. The molecule has 0 bridgehead atoms. The van der Waals surface area contributed by atoms with Gasteiger partial charge in [-0.15, -0.1) is 0 Å². The van der Waals surface area contributed by atoms with E-state index in [9.17, 15) is 4.79 Å². The zero-order chi connectivity index (χ0) is 15.4. The van der Waals surface area contributed by atoms with Crippen LogP contribution in [0.3, 0.4) is 0 Å². The molecule has 2 N–H and O–H groups in total. The van der Waals surface area contributed by atoms with Gasteiger partial charge in [-0.3, -0.25) is 4.79 Å². The summed E-state index contributed by atoms with van der Waals surface area (Å²) < 4.78 is 0. The molecule has 1 aromatic rings. The number of amides is 1. The molecular formula is C19H28N2O. The van der Waals surface area contributed by atoms with Crippen LogP contribution in [0.2, 0.25) is 0 Å². The lowest BCUT2D eigenvalue weighted by Gasteiger charge is -2.24. The Morgan fingerprint density at radius 3 is 2.82 bits per heavy atom. The molecule has 1 aliphatic carbocycles. The molecule has 120 valence electrons. The summed E-state index contributed by atoms with van der Waals surface area (Å²) in [7, 11) is 0. The van der Waals surface area contributed by atoms with E-state index in [0.29, 0.717) is 6.04 Å². The lowest BCUT2D eigenvalue weighted by atomic mass is 9.85. The van der Waals surface area contributed by atoms with Crippen LogP contribution in [0.1, 0.15) is 51.0 Å². The molecule has 0 aromatic heterocycles. The number of nitrogens with one attached hydrogen (secondary N) is 2. The third kappa shape index (κ3) is 3.89. The summed E-state index contributed by atoms with van der Waals surface area (Å²) in [5, 5.41) is 6.76. The van der Waals surface area contributed by atoms with Gasteiger partial charge in [0.1, 0.15) is 0 Å². The third-order valence-electron chi connectivity index (χ3n) is 5.28. The molecule has 1 amide bonds. The number of carbonyl (C=O) groups is 1. The van der Waals surface area contributed by atoms with Crippen LogP contribution in [0.5, 0.6) is 0 Å². The predicted molar refractivity (Wildman–Crippen MR) is 89.7 cm³/mol. The molecule has 2 fully saturated rings. The molecule has 1 aliphatic heterocycles. The number of aryl methyl sites for hydroxylation is 1. The highest BCUT2D eigenvalue weighted by Crippen LogP contribution is 2.33. The summed E-state index contributed by atoms with van der Waals surface area (Å²) in [5.41, 5.74) is 1.34. The van der Waals surface area contributed by atoms with Crippen molar-refractivity contribution >= 4 is 5.91 Å². The minimum Gasteiger partial charge on any atom is -0.352 e. The smallest absolute Gasteiger partial charge is 0.237 e. The minimum absolute atomic E-state index is 0.0345. The van der Waals surface area contributed by atoms with Gasteiger partial charge in [-0.2, -0.15) is 0 Å². The van der Waals surface area contributed by atoms with Gasteiger partial charge in [-0.25, -0.2) is 0 Å². The van der Waals surface area contributed by atoms with Crippen molar-refractivity contribution < 1.29 is 4.79 Å². The van der Waals surface area contributed by atoms with Gasteiger partial charge in [0.05, 0.1) is 6.04 Å². The first-order valence-corrected chi connectivity index (χ1v) is 8.82. The van der Waals surface area contributed by atoms with E-state index < -0.39 is 0 Å². The molecular weight excluding hydrogens is 272 g/mol. The van der Waals surface area contributed by atoms with Crippen molar-refractivity contribution in [2.75, 3.05) is 0 Å². The van der Waals surface area contributed by atoms with E-state index in [1.807, 2.05) is 6.07 Å². The Bertz CT molecular complexity index is 473. The van der Waals surface area contributed by atoms with E-state index in [-0.39, 0.29) is 18.0 Å². The topological polar surface area (TPSA) is 41.1 Å². The van der Waals surface area contributed by atoms with Crippen molar-refractivity contribution in [2.24, 2.45) is 5.92 Å². The van der Waals surface area contributed by atoms with Crippen LogP contribution in [0.4, 0.5) is 0 Å². The summed E-state index contributed by atoms with van der Waals surface area (Å²) in [6.07, 6.45) is 8.24. The van der Waals surface area contributed by atoms with Gasteiger partial charge < -0.3 is 10.6 Å². The van der Waals surface area contributed by atoms with Crippen LogP contribution in [0.25, 0.3) is 0 Å². The molecule has 3 heteroatoms. The molecule has 0 radical (unpaired) electrons. The van der Waals surface area contributed by atoms with Crippen molar-refractivity contribution in [3.05, 3.63) is 35.9 Å². The number of hydrogen-bond donors (Lipinski definition) is 2. The molecule has 4 atom stereocenters. The summed E-state index contributed by atoms with van der Waals surface area (Å²) in [6, 6.07) is 11.3. The van der Waals surface area contributed by atoms with Crippen molar-refractivity contribution in [3.8, 4) is 0 Å². The first-order chi connectivity index (χ1) is 10.7. The maximum absolute atomic E-state index is 12.4. The normalized spacial score (nSPS) is 28.9. The fourth-order valence-electron chi connectivity index (χ4n) is 3.96. The van der Waals surface area contributed by atoms with Crippen LogP contribution in [0.15, 0.2) is 30.3 Å². The van der Waals surface area contributed by atoms with Crippen molar-refractivity contribution in [1.29, 1.82) is 0 Å². The summed E-state index contributed by atoms with van der Waals surface area (Å²) in [5.74, 6) is 0.930. The van der Waals surface area contributed by atoms with E-state index in [0.717, 1.165) is 25.2 Å². The van der Waals surface area contributed by atoms with Crippen LogP contribution in [-0.2, 0) is 11.2 Å². The Labute approximate surface area is 133 Å². The lowest BCUT2D eigenvalue weighted by molar-refractivity contribution is -0.123. The Morgan fingerprint density at radius 2 is 2.05 bits per heavy atom. The second-order valence-corrected chi connectivity index (χ2v) is 7.04. The van der Waals surface area contributed by atoms with Gasteiger partial charge >= 0.3 is 0 Å². The van der Waals surface area contributed by atoms with Crippen LogP contribution in [0, 0.1) is 5.92 Å². The average Bonchev–Trinajstić information content (AvgIpc) is 2.98. The van der Waals surface area contributed by atoms with Gasteiger partial charge in [0, 0.05) is 12.1 Å². The number of benzene rings is 1. The van der Waals surface area contributed by atoms with Crippen molar-refractivity contribution in [2.45, 2.75) is 70.0 Å². The lowest BCUT2D eigenvalue weighted by Crippen LogP contribution is -2.46. The number of fused-ring (bicyclic) bond motifs is 1. The largest absolute Gasteiger partial charge is 0.352 e. The van der Waals surface area contributed by atoms with E-state index in [4.69, 9.17) is 0 Å². The molecule has 1 aromatic carbocycles. The molecule has 22 heavy (non-hydrogen) atoms. The summed E-state index contributed by atoms with van der Waals surface area (Å²) in [6.45, 7) is 2.11. The highest BCUT2D eigenvalue weighted by molar-refractivity contribution is 5.82. The third-order valence-corrected chi connectivity index (χ3v) is 5.28. The van der Waals surface area contributed by atoms with Crippen LogP contribution < -0.4 is 10.6 Å². The Hall–Kier alpha value is -1.35. The second-order valence-electron chi connectivity index (χ2n) is 7.04. The predicted octanol–water partition coefficient (Wildman–Crippen LogP) is 3.04. The zero-order valence-corrected chi connectivity index (χ0v) is 13.6. The Balaban J connectivity index is 1.43. The standard InChI is InChI=1S/C19H28N2O/c1-14(11-12-15-7-3-2-4-8-15)20-19(22)18-13-16-9-5-6-10-17(16)21-18/h2-4,7-8,14,16-18,21H,5-6,9-13H2,1H3,(H,20,22). The van der Waals surface area contributed by atoms with E-state index in [1.165, 1.54) is 31.2 Å². The first-order valence-electron chi connectivity index (χ1n) is 8.82. The number of rotatable bonds is 5. The van der Waals surface area contributed by atoms with E-state index in [2.05, 4.69) is 41.8 Å². The first kappa shape index (κ1) is 15.5. The number of hydrogen-bond acceptors (Lipinski definition) is 2. The van der Waals surface area contributed by atoms with Gasteiger partial charge in [0.15, 0.2) is 0 Å². The van der Waals surface area contributed by atoms with Gasteiger partial charge in [-0.05, 0) is 50.5 Å². The second kappa shape index (κ2) is 7.28. The molecule has 4 unspecified atom stereocenters. The molecule has 3 rings (SSSR count). The maximum Gasteiger partial charge on any atom is 0.237 e. The zero-order valence-electron chi connectivity index (χ0n) is 13.6. The average molecular weight is 300 g/mol. The van der Waals surface area contributed by atoms with E-state index in [1.54, 1.807) is 0 Å². The fraction of sp³-hybridized carbons (Fsp3) is 0.632. The van der Waals surface area contributed by atoms with Gasteiger partial charge in [0.2, 0.25) is 5.91 Å². The SMILES string of the molecule is CC(CCc1ccccc1)NC(=O)C1CC2CCCCC2N1. The van der Waals surface area contributed by atoms with Crippen LogP contribution >= 0.6 is 0 Å². The Kier molecular flexibility index (Phi) is 5.14.